The number of carbonyl (C=O) groups is 2. The van der Waals surface area contributed by atoms with Crippen LogP contribution < -0.4 is 0 Å². The van der Waals surface area contributed by atoms with Crippen LogP contribution in [0.5, 0.6) is 0 Å². The second-order valence-electron chi connectivity index (χ2n) is 5.48. The van der Waals surface area contributed by atoms with E-state index < -0.39 is 5.97 Å². The van der Waals surface area contributed by atoms with Crippen LogP contribution >= 0.6 is 0 Å². The van der Waals surface area contributed by atoms with Crippen LogP contribution in [-0.4, -0.2) is 59.0 Å². The molecule has 0 bridgehead atoms. The maximum atomic E-state index is 12.2. The maximum absolute atomic E-state index is 12.2. The van der Waals surface area contributed by atoms with E-state index in [9.17, 15) is 9.59 Å². The summed E-state index contributed by atoms with van der Waals surface area (Å²) in [4.78, 5) is 26.8. The molecule has 1 N–H and O–H groups in total. The molecule has 0 atom stereocenters. The number of carboxylic acid groups (broad SMARTS) is 1. The third kappa shape index (κ3) is 6.05. The first-order valence-electron chi connectivity index (χ1n) is 7.24. The topological polar surface area (TPSA) is 60.9 Å². The monoisotopic (exact) mass is 270 g/mol. The molecular formula is C14H26N2O3. The smallest absolute Gasteiger partial charge is 0.303 e. The predicted molar refractivity (Wildman–Crippen MR) is 74.0 cm³/mol. The standard InChI is InChI=1S/C14H26N2O3/c1-12(2)16(10-5-6-14(18)19)13(17)7-11-15-8-3-4-9-15/h12H,3-11H2,1-2H3,(H,18,19). The molecule has 0 aromatic carbocycles. The largest absolute Gasteiger partial charge is 0.481 e. The Morgan fingerprint density at radius 3 is 2.37 bits per heavy atom. The average Bonchev–Trinajstić information content (AvgIpc) is 2.84. The molecule has 1 saturated heterocycles. The van der Waals surface area contributed by atoms with Gasteiger partial charge in [0.25, 0.3) is 0 Å². The Bertz CT molecular complexity index is 299. The number of aliphatic carboxylic acids is 1. The Morgan fingerprint density at radius 1 is 1.21 bits per heavy atom. The summed E-state index contributed by atoms with van der Waals surface area (Å²) in [5.41, 5.74) is 0. The van der Waals surface area contributed by atoms with Crippen LogP contribution in [0.3, 0.4) is 0 Å². The summed E-state index contributed by atoms with van der Waals surface area (Å²) in [7, 11) is 0. The lowest BCUT2D eigenvalue weighted by molar-refractivity contribution is -0.138. The molecule has 1 aliphatic rings. The highest BCUT2D eigenvalue weighted by Gasteiger charge is 2.19. The first kappa shape index (κ1) is 16.0. The van der Waals surface area contributed by atoms with Crippen molar-refractivity contribution in [3.05, 3.63) is 0 Å². The average molecular weight is 270 g/mol. The molecule has 5 nitrogen and oxygen atoms in total. The second kappa shape index (κ2) is 8.15. The predicted octanol–water partition coefficient (Wildman–Crippen LogP) is 1.57. The van der Waals surface area contributed by atoms with Gasteiger partial charge in [-0.2, -0.15) is 0 Å². The van der Waals surface area contributed by atoms with Crippen molar-refractivity contribution in [3.63, 3.8) is 0 Å². The Morgan fingerprint density at radius 2 is 1.84 bits per heavy atom. The first-order valence-corrected chi connectivity index (χ1v) is 7.24. The van der Waals surface area contributed by atoms with Gasteiger partial charge in [0.2, 0.25) is 5.91 Å². The maximum Gasteiger partial charge on any atom is 0.303 e. The van der Waals surface area contributed by atoms with Crippen molar-refractivity contribution < 1.29 is 14.7 Å². The van der Waals surface area contributed by atoms with Gasteiger partial charge in [-0.15, -0.1) is 0 Å². The van der Waals surface area contributed by atoms with Crippen molar-refractivity contribution in [2.75, 3.05) is 26.2 Å². The lowest BCUT2D eigenvalue weighted by atomic mass is 10.2. The van der Waals surface area contributed by atoms with Gasteiger partial charge in [0, 0.05) is 32.0 Å². The minimum Gasteiger partial charge on any atom is -0.481 e. The quantitative estimate of drug-likeness (QED) is 0.727. The molecule has 0 spiro atoms. The summed E-state index contributed by atoms with van der Waals surface area (Å²) in [6.07, 6.45) is 3.68. The van der Waals surface area contributed by atoms with Gasteiger partial charge in [-0.1, -0.05) is 0 Å². The number of nitrogens with zero attached hydrogens (tertiary/aromatic N) is 2. The molecule has 1 amide bonds. The summed E-state index contributed by atoms with van der Waals surface area (Å²) in [5.74, 6) is -0.652. The van der Waals surface area contributed by atoms with Gasteiger partial charge in [0.05, 0.1) is 0 Å². The molecular weight excluding hydrogens is 244 g/mol. The number of carboxylic acids is 1. The first-order chi connectivity index (χ1) is 9.00. The Labute approximate surface area is 115 Å². The van der Waals surface area contributed by atoms with Crippen molar-refractivity contribution in [3.8, 4) is 0 Å². The van der Waals surface area contributed by atoms with E-state index in [1.165, 1.54) is 12.8 Å². The van der Waals surface area contributed by atoms with Crippen molar-refractivity contribution >= 4 is 11.9 Å². The Hall–Kier alpha value is -1.10. The van der Waals surface area contributed by atoms with E-state index in [1.807, 2.05) is 13.8 Å². The second-order valence-corrected chi connectivity index (χ2v) is 5.48. The zero-order valence-electron chi connectivity index (χ0n) is 12.1. The van der Waals surface area contributed by atoms with Gasteiger partial charge in [-0.05, 0) is 46.2 Å². The van der Waals surface area contributed by atoms with Crippen molar-refractivity contribution in [1.29, 1.82) is 0 Å². The molecule has 5 heteroatoms. The van der Waals surface area contributed by atoms with E-state index in [0.717, 1.165) is 19.6 Å². The minimum atomic E-state index is -0.798. The third-order valence-electron chi connectivity index (χ3n) is 3.57. The van der Waals surface area contributed by atoms with Gasteiger partial charge >= 0.3 is 5.97 Å². The zero-order valence-corrected chi connectivity index (χ0v) is 12.1. The molecule has 1 heterocycles. The van der Waals surface area contributed by atoms with Crippen LogP contribution in [0.1, 0.15) is 46.0 Å². The molecule has 1 rings (SSSR count). The van der Waals surface area contributed by atoms with Crippen LogP contribution in [0.15, 0.2) is 0 Å². The Balaban J connectivity index is 2.32. The highest BCUT2D eigenvalue weighted by atomic mass is 16.4. The highest BCUT2D eigenvalue weighted by molar-refractivity contribution is 5.76. The number of hydrogen-bond donors (Lipinski definition) is 1. The van der Waals surface area contributed by atoms with Crippen molar-refractivity contribution in [1.82, 2.24) is 9.80 Å². The molecule has 0 saturated carbocycles. The van der Waals surface area contributed by atoms with Gasteiger partial charge in [0.1, 0.15) is 0 Å². The van der Waals surface area contributed by atoms with Gasteiger partial charge < -0.3 is 14.9 Å². The van der Waals surface area contributed by atoms with E-state index in [-0.39, 0.29) is 18.4 Å². The fraction of sp³-hybridized carbons (Fsp3) is 0.857. The van der Waals surface area contributed by atoms with E-state index >= 15 is 0 Å². The summed E-state index contributed by atoms with van der Waals surface area (Å²) >= 11 is 0. The third-order valence-corrected chi connectivity index (χ3v) is 3.57. The van der Waals surface area contributed by atoms with Gasteiger partial charge in [-0.3, -0.25) is 9.59 Å². The van der Waals surface area contributed by atoms with Crippen LogP contribution in [0.25, 0.3) is 0 Å². The highest BCUT2D eigenvalue weighted by Crippen LogP contribution is 2.10. The lowest BCUT2D eigenvalue weighted by Gasteiger charge is -2.27. The fourth-order valence-electron chi connectivity index (χ4n) is 2.48. The molecule has 1 fully saturated rings. The normalized spacial score (nSPS) is 15.9. The van der Waals surface area contributed by atoms with Gasteiger partial charge in [0.15, 0.2) is 0 Å². The molecule has 0 aliphatic carbocycles. The number of likely N-dealkylation sites (tertiary alicyclic amines) is 1. The molecule has 110 valence electrons. The molecule has 0 aromatic heterocycles. The number of hydrogen-bond acceptors (Lipinski definition) is 3. The molecule has 0 aromatic rings. The van der Waals surface area contributed by atoms with E-state index in [0.29, 0.717) is 19.4 Å². The van der Waals surface area contributed by atoms with Crippen LogP contribution in [0.4, 0.5) is 0 Å². The lowest BCUT2D eigenvalue weighted by Crippen LogP contribution is -2.39. The van der Waals surface area contributed by atoms with E-state index in [2.05, 4.69) is 4.90 Å². The Kier molecular flexibility index (Phi) is 6.84. The fourth-order valence-corrected chi connectivity index (χ4v) is 2.48. The number of rotatable bonds is 8. The van der Waals surface area contributed by atoms with Crippen molar-refractivity contribution in [2.45, 2.75) is 52.0 Å². The number of carbonyl (C=O) groups excluding carboxylic acids is 1. The van der Waals surface area contributed by atoms with Crippen LogP contribution in [-0.2, 0) is 9.59 Å². The SMILES string of the molecule is CC(C)N(CCCC(=O)O)C(=O)CCN1CCCC1. The zero-order chi connectivity index (χ0) is 14.3. The van der Waals surface area contributed by atoms with Crippen molar-refractivity contribution in [2.24, 2.45) is 0 Å². The van der Waals surface area contributed by atoms with E-state index in [1.54, 1.807) is 4.90 Å². The summed E-state index contributed by atoms with van der Waals surface area (Å²) < 4.78 is 0. The summed E-state index contributed by atoms with van der Waals surface area (Å²) in [6.45, 7) is 7.55. The molecule has 0 unspecified atom stereocenters. The minimum absolute atomic E-state index is 0.128. The van der Waals surface area contributed by atoms with E-state index in [4.69, 9.17) is 5.11 Å². The molecule has 0 radical (unpaired) electrons. The number of amides is 1. The van der Waals surface area contributed by atoms with Crippen LogP contribution in [0.2, 0.25) is 0 Å². The summed E-state index contributed by atoms with van der Waals surface area (Å²) in [6, 6.07) is 0.139. The summed E-state index contributed by atoms with van der Waals surface area (Å²) in [5, 5.41) is 8.64. The molecule has 1 aliphatic heterocycles. The van der Waals surface area contributed by atoms with Crippen LogP contribution in [0, 0.1) is 0 Å². The molecule has 19 heavy (non-hydrogen) atoms. The van der Waals surface area contributed by atoms with Gasteiger partial charge in [-0.25, -0.2) is 0 Å².